The minimum atomic E-state index is -1.73. The number of aliphatic hydroxyl groups is 1. The van der Waals surface area contributed by atoms with Crippen LogP contribution in [0, 0.1) is 5.41 Å². The zero-order chi connectivity index (χ0) is 28.5. The third-order valence-corrected chi connectivity index (χ3v) is 7.39. The Labute approximate surface area is 218 Å². The molecule has 12 nitrogen and oxygen atoms in total. The van der Waals surface area contributed by atoms with Crippen molar-refractivity contribution in [3.8, 4) is 28.7 Å². The summed E-state index contributed by atoms with van der Waals surface area (Å²) in [6.07, 6.45) is 0.519. The van der Waals surface area contributed by atoms with Crippen molar-refractivity contribution in [3.05, 3.63) is 62.7 Å². The van der Waals surface area contributed by atoms with Crippen LogP contribution in [-0.4, -0.2) is 54.8 Å². The van der Waals surface area contributed by atoms with E-state index in [0.717, 1.165) is 24.3 Å². The molecule has 0 bridgehead atoms. The highest BCUT2D eigenvalue weighted by atomic mass is 16.5. The second-order valence-corrected chi connectivity index (χ2v) is 9.78. The largest absolute Gasteiger partial charge is 0.511 e. The highest BCUT2D eigenvalue weighted by molar-refractivity contribution is 6.06. The number of phenols is 4. The summed E-state index contributed by atoms with van der Waals surface area (Å²) in [6.45, 7) is 2.00. The summed E-state index contributed by atoms with van der Waals surface area (Å²) in [5.74, 6) is -8.86. The van der Waals surface area contributed by atoms with E-state index in [1.165, 1.54) is 13.8 Å². The van der Waals surface area contributed by atoms with Crippen LogP contribution in [0.1, 0.15) is 52.9 Å². The molecular formula is C27H22O12. The first-order valence-corrected chi connectivity index (χ1v) is 11.7. The fraction of sp³-hybridized carbons (Fsp3) is 0.259. The molecule has 3 unspecified atom stereocenters. The number of ether oxygens (including phenoxy) is 1. The van der Waals surface area contributed by atoms with Crippen molar-refractivity contribution in [2.24, 2.45) is 5.41 Å². The summed E-state index contributed by atoms with van der Waals surface area (Å²) < 4.78 is 11.7. The Morgan fingerprint density at radius 1 is 1.00 bits per heavy atom. The Morgan fingerprint density at radius 2 is 1.67 bits per heavy atom. The molecule has 0 fully saturated rings. The summed E-state index contributed by atoms with van der Waals surface area (Å²) in [6, 6.07) is 3.13. The van der Waals surface area contributed by atoms with Gasteiger partial charge in [0.1, 0.15) is 40.8 Å². The quantitative estimate of drug-likeness (QED) is 0.161. The standard InChI is InChI=1S/C27H22O12/c1-9(28)3-18(33)27-7-12-23(34)20-17(6-15(32)24(35)21(20)26(36)37)39-25(12)19(10(2)29)22(27)11-4-13(30)14(31)5-16(11)38-8-27/h3-6,19,22,30-33,35H,7-8H2,1-2H3,(H,36,37). The number of hydrogen-bond acceptors (Lipinski definition) is 11. The van der Waals surface area contributed by atoms with Crippen LogP contribution in [0.25, 0.3) is 11.0 Å². The second-order valence-electron chi connectivity index (χ2n) is 9.78. The monoisotopic (exact) mass is 538 g/mol. The van der Waals surface area contributed by atoms with E-state index in [1.54, 1.807) is 0 Å². The number of carbonyl (C=O) groups is 3. The third kappa shape index (κ3) is 3.59. The number of carboxylic acids is 1. The SMILES string of the molecule is CC(=O)C=C(O)C12COc3cc(O)c(O)cc3C1C(C(C)=O)c1oc3cc(O)c(O)c(C(=O)O)c3c(=O)c1C2. The van der Waals surface area contributed by atoms with Crippen LogP contribution in [-0.2, 0) is 16.0 Å². The molecule has 12 heteroatoms. The Balaban J connectivity index is 1.93. The number of rotatable bonds is 4. The van der Waals surface area contributed by atoms with Gasteiger partial charge in [0.2, 0.25) is 0 Å². The summed E-state index contributed by atoms with van der Waals surface area (Å²) in [5, 5.41) is 61.0. The van der Waals surface area contributed by atoms with E-state index in [1.807, 2.05) is 0 Å². The molecule has 2 heterocycles. The molecule has 3 aromatic rings. The zero-order valence-corrected chi connectivity index (χ0v) is 20.5. The highest BCUT2D eigenvalue weighted by Gasteiger charge is 2.58. The molecule has 39 heavy (non-hydrogen) atoms. The number of carboxylic acid groups (broad SMARTS) is 1. The van der Waals surface area contributed by atoms with Crippen molar-refractivity contribution < 1.29 is 54.2 Å². The molecule has 1 aromatic heterocycles. The van der Waals surface area contributed by atoms with Crippen LogP contribution in [0.3, 0.4) is 0 Å². The third-order valence-electron chi connectivity index (χ3n) is 7.39. The molecule has 0 saturated carbocycles. The minimum Gasteiger partial charge on any atom is -0.511 e. The Bertz CT molecular complexity index is 1710. The lowest BCUT2D eigenvalue weighted by Gasteiger charge is -2.49. The summed E-state index contributed by atoms with van der Waals surface area (Å²) in [4.78, 5) is 51.0. The van der Waals surface area contributed by atoms with Gasteiger partial charge in [0.25, 0.3) is 0 Å². The van der Waals surface area contributed by atoms with Crippen molar-refractivity contribution in [3.63, 3.8) is 0 Å². The van der Waals surface area contributed by atoms with Gasteiger partial charge in [-0.15, -0.1) is 0 Å². The minimum absolute atomic E-state index is 0.0788. The molecule has 3 atom stereocenters. The molecule has 202 valence electrons. The van der Waals surface area contributed by atoms with Gasteiger partial charge in [-0.2, -0.15) is 0 Å². The molecule has 0 radical (unpaired) electrons. The van der Waals surface area contributed by atoms with E-state index < -0.39 is 91.9 Å². The number of hydrogen-bond donors (Lipinski definition) is 6. The Kier molecular flexibility index (Phi) is 5.60. The lowest BCUT2D eigenvalue weighted by molar-refractivity contribution is -0.121. The molecular weight excluding hydrogens is 516 g/mol. The fourth-order valence-electron chi connectivity index (χ4n) is 5.75. The number of ketones is 2. The topological polar surface area (TPSA) is 212 Å². The molecule has 6 N–H and O–H groups in total. The summed E-state index contributed by atoms with van der Waals surface area (Å²) >= 11 is 0. The maximum atomic E-state index is 13.8. The smallest absolute Gasteiger partial charge is 0.340 e. The van der Waals surface area contributed by atoms with Crippen molar-refractivity contribution in [1.82, 2.24) is 0 Å². The first-order valence-electron chi connectivity index (χ1n) is 11.7. The predicted molar refractivity (Wildman–Crippen MR) is 132 cm³/mol. The summed E-state index contributed by atoms with van der Waals surface area (Å²) in [7, 11) is 0. The molecule has 2 aromatic carbocycles. The number of aliphatic hydroxyl groups excluding tert-OH is 1. The predicted octanol–water partition coefficient (Wildman–Crippen LogP) is 2.74. The van der Waals surface area contributed by atoms with Gasteiger partial charge >= 0.3 is 5.97 Å². The molecule has 5 rings (SSSR count). The maximum Gasteiger partial charge on any atom is 0.340 e. The van der Waals surface area contributed by atoms with Gasteiger partial charge in [0.15, 0.2) is 34.2 Å². The van der Waals surface area contributed by atoms with Gasteiger partial charge in [-0.05, 0) is 26.3 Å². The lowest BCUT2D eigenvalue weighted by Crippen LogP contribution is -2.50. The van der Waals surface area contributed by atoms with Crippen LogP contribution in [0.5, 0.6) is 28.7 Å². The van der Waals surface area contributed by atoms with Gasteiger partial charge in [-0.1, -0.05) is 0 Å². The van der Waals surface area contributed by atoms with E-state index in [0.29, 0.717) is 0 Å². The van der Waals surface area contributed by atoms with Crippen LogP contribution < -0.4 is 10.2 Å². The van der Waals surface area contributed by atoms with Crippen LogP contribution in [0.15, 0.2) is 39.2 Å². The van der Waals surface area contributed by atoms with E-state index in [2.05, 4.69) is 0 Å². The van der Waals surface area contributed by atoms with Gasteiger partial charge in [0, 0.05) is 35.3 Å². The first-order chi connectivity index (χ1) is 18.3. The number of carbonyl (C=O) groups excluding carboxylic acids is 2. The molecule has 1 aliphatic carbocycles. The highest BCUT2D eigenvalue weighted by Crippen LogP contribution is 2.60. The Morgan fingerprint density at radius 3 is 2.28 bits per heavy atom. The van der Waals surface area contributed by atoms with Crippen molar-refractivity contribution >= 4 is 28.5 Å². The van der Waals surface area contributed by atoms with Crippen molar-refractivity contribution in [2.75, 3.05) is 6.61 Å². The lowest BCUT2D eigenvalue weighted by atomic mass is 9.56. The fourth-order valence-corrected chi connectivity index (χ4v) is 5.75. The number of Topliss-reactive ketones (excluding diaryl/α,β-unsaturated/α-hetero) is 1. The van der Waals surface area contributed by atoms with E-state index >= 15 is 0 Å². The molecule has 2 aliphatic rings. The van der Waals surface area contributed by atoms with Gasteiger partial charge in [0.05, 0.1) is 16.7 Å². The number of allylic oxidation sites excluding steroid dienone is 1. The van der Waals surface area contributed by atoms with Gasteiger partial charge in [-0.3, -0.25) is 14.4 Å². The molecule has 0 spiro atoms. The van der Waals surface area contributed by atoms with Gasteiger partial charge in [-0.25, -0.2) is 4.79 Å². The van der Waals surface area contributed by atoms with E-state index in [9.17, 15) is 49.8 Å². The van der Waals surface area contributed by atoms with E-state index in [4.69, 9.17) is 9.15 Å². The number of fused-ring (bicyclic) bond motifs is 5. The number of aromatic hydroxyl groups is 4. The van der Waals surface area contributed by atoms with Gasteiger partial charge < -0.3 is 39.8 Å². The number of aromatic carboxylic acids is 1. The normalized spacial score (nSPS) is 21.8. The Hall–Kier alpha value is -5.00. The second kappa shape index (κ2) is 8.51. The molecule has 1 aliphatic heterocycles. The van der Waals surface area contributed by atoms with Crippen LogP contribution in [0.2, 0.25) is 0 Å². The molecule has 0 saturated heterocycles. The van der Waals surface area contributed by atoms with Crippen molar-refractivity contribution in [2.45, 2.75) is 32.1 Å². The number of phenolic OH excluding ortho intramolecular Hbond substituents is 3. The number of benzene rings is 2. The maximum absolute atomic E-state index is 13.8. The van der Waals surface area contributed by atoms with E-state index in [-0.39, 0.29) is 29.2 Å². The van der Waals surface area contributed by atoms with Crippen LogP contribution in [0.4, 0.5) is 0 Å². The average molecular weight is 538 g/mol. The van der Waals surface area contributed by atoms with Crippen molar-refractivity contribution in [1.29, 1.82) is 0 Å². The first kappa shape index (κ1) is 25.6. The molecule has 0 amide bonds. The zero-order valence-electron chi connectivity index (χ0n) is 20.5. The average Bonchev–Trinajstić information content (AvgIpc) is 2.84. The van der Waals surface area contributed by atoms with Crippen LogP contribution >= 0.6 is 0 Å². The summed E-state index contributed by atoms with van der Waals surface area (Å²) in [5.41, 5.74) is -3.92.